The van der Waals surface area contributed by atoms with Gasteiger partial charge in [-0.1, -0.05) is 18.2 Å². The summed E-state index contributed by atoms with van der Waals surface area (Å²) in [6.45, 7) is -1.24. The number of anilines is 1. The highest BCUT2D eigenvalue weighted by Gasteiger charge is 2.39. The number of methoxy groups -OCH3 is 3. The molecule has 1 aliphatic rings. The normalized spacial score (nSPS) is 17.7. The first kappa shape index (κ1) is 30.0. The van der Waals surface area contributed by atoms with Gasteiger partial charge >= 0.3 is 17.6 Å². The van der Waals surface area contributed by atoms with Crippen LogP contribution in [-0.2, 0) is 19.0 Å². The lowest BCUT2D eigenvalue weighted by Crippen LogP contribution is -2.31. The van der Waals surface area contributed by atoms with E-state index in [1.807, 2.05) is 0 Å². The molecule has 1 saturated heterocycles. The summed E-state index contributed by atoms with van der Waals surface area (Å²) in [4.78, 5) is 54.0. The molecular weight excluding hydrogens is 554 g/mol. The molecule has 14 nitrogen and oxygen atoms in total. The third-order valence-electron chi connectivity index (χ3n) is 6.28. The lowest BCUT2D eigenvalue weighted by Gasteiger charge is -2.17. The number of ether oxygens (including phenoxy) is 6. The third kappa shape index (κ3) is 6.85. The first-order valence-corrected chi connectivity index (χ1v) is 12.7. The summed E-state index contributed by atoms with van der Waals surface area (Å²) in [5.74, 6) is -1.40. The minimum absolute atomic E-state index is 0.00903. The summed E-state index contributed by atoms with van der Waals surface area (Å²) >= 11 is 0. The number of hydrogen-bond donors (Lipinski definition) is 2. The van der Waals surface area contributed by atoms with Crippen molar-refractivity contribution in [2.45, 2.75) is 24.9 Å². The molecule has 0 radical (unpaired) electrons. The Kier molecular flexibility index (Phi) is 9.73. The monoisotopic (exact) mass is 583 g/mol. The largest absolute Gasteiger partial charge is 0.493 e. The zero-order valence-electron chi connectivity index (χ0n) is 23.0. The average molecular weight is 584 g/mol. The molecule has 3 aromatic rings. The van der Waals surface area contributed by atoms with Gasteiger partial charge in [-0.25, -0.2) is 14.4 Å². The van der Waals surface area contributed by atoms with Crippen molar-refractivity contribution in [1.29, 1.82) is 0 Å². The number of carbonyl (C=O) groups is 3. The van der Waals surface area contributed by atoms with Crippen molar-refractivity contribution in [2.24, 2.45) is 0 Å². The van der Waals surface area contributed by atoms with Crippen molar-refractivity contribution in [3.05, 3.63) is 76.3 Å². The summed E-state index contributed by atoms with van der Waals surface area (Å²) in [5.41, 5.74) is -0.286. The van der Waals surface area contributed by atoms with Gasteiger partial charge in [0, 0.05) is 18.2 Å². The molecule has 0 saturated carbocycles. The Balaban J connectivity index is 1.35. The number of aromatic nitrogens is 2. The molecular formula is C28H29N3O11. The number of esters is 2. The zero-order valence-corrected chi connectivity index (χ0v) is 23.0. The standard InChI is InChI=1S/C28H29N3O11/c1-37-19-11-17(12-20(38-2)25(19)39-3)27(35)40-15-24(33)42-18-13-23(41-21(18)14-32)31-10-9-22(30-28(31)36)29-26(34)16-7-5-4-6-8-16/h4-12,18,21,23,32H,13-15H2,1-3H3,(H,29,30,34,36). The highest BCUT2D eigenvalue weighted by atomic mass is 16.6. The van der Waals surface area contributed by atoms with Gasteiger partial charge < -0.3 is 38.8 Å². The number of aliphatic hydroxyl groups is 1. The molecule has 3 atom stereocenters. The maximum absolute atomic E-state index is 12.7. The quantitative estimate of drug-likeness (QED) is 0.312. The molecule has 14 heteroatoms. The molecule has 1 fully saturated rings. The first-order chi connectivity index (χ1) is 20.3. The Morgan fingerprint density at radius 1 is 1.02 bits per heavy atom. The van der Waals surface area contributed by atoms with Gasteiger partial charge in [0.1, 0.15) is 24.3 Å². The lowest BCUT2D eigenvalue weighted by atomic mass is 10.2. The number of nitrogens with one attached hydrogen (secondary N) is 1. The van der Waals surface area contributed by atoms with E-state index in [4.69, 9.17) is 28.4 Å². The fraction of sp³-hybridized carbons (Fsp3) is 0.321. The molecule has 222 valence electrons. The van der Waals surface area contributed by atoms with Crippen LogP contribution in [0.5, 0.6) is 17.2 Å². The van der Waals surface area contributed by atoms with Crippen LogP contribution in [0.1, 0.15) is 33.4 Å². The van der Waals surface area contributed by atoms with Gasteiger partial charge in [0.2, 0.25) is 5.75 Å². The predicted octanol–water partition coefficient (Wildman–Crippen LogP) is 1.57. The molecule has 0 bridgehead atoms. The summed E-state index contributed by atoms with van der Waals surface area (Å²) in [6.07, 6.45) is -1.43. The molecule has 2 N–H and O–H groups in total. The molecule has 42 heavy (non-hydrogen) atoms. The minimum Gasteiger partial charge on any atom is -0.493 e. The maximum Gasteiger partial charge on any atom is 0.351 e. The summed E-state index contributed by atoms with van der Waals surface area (Å²) in [7, 11) is 4.20. The molecule has 2 heterocycles. The van der Waals surface area contributed by atoms with Crippen LogP contribution in [0.2, 0.25) is 0 Å². The summed E-state index contributed by atoms with van der Waals surface area (Å²) in [6, 6.07) is 12.6. The highest BCUT2D eigenvalue weighted by molar-refractivity contribution is 6.03. The SMILES string of the molecule is COc1cc(C(=O)OCC(=O)OC2CC(n3ccc(NC(=O)c4ccccc4)nc3=O)OC2CO)cc(OC)c1OC. The van der Waals surface area contributed by atoms with Gasteiger partial charge in [-0.2, -0.15) is 4.98 Å². The molecule has 2 aromatic carbocycles. The van der Waals surface area contributed by atoms with Gasteiger partial charge in [-0.05, 0) is 30.3 Å². The highest BCUT2D eigenvalue weighted by Crippen LogP contribution is 2.38. The van der Waals surface area contributed by atoms with Gasteiger partial charge in [-0.15, -0.1) is 0 Å². The van der Waals surface area contributed by atoms with E-state index in [-0.39, 0.29) is 35.1 Å². The van der Waals surface area contributed by atoms with E-state index in [0.29, 0.717) is 5.56 Å². The first-order valence-electron chi connectivity index (χ1n) is 12.7. The number of aliphatic hydroxyl groups excluding tert-OH is 1. The van der Waals surface area contributed by atoms with Crippen LogP contribution in [0.15, 0.2) is 59.5 Å². The Bertz CT molecular complexity index is 1470. The van der Waals surface area contributed by atoms with Crippen LogP contribution in [0.25, 0.3) is 0 Å². The minimum atomic E-state index is -0.950. The Labute approximate surface area is 239 Å². The van der Waals surface area contributed by atoms with Crippen molar-refractivity contribution in [1.82, 2.24) is 9.55 Å². The van der Waals surface area contributed by atoms with E-state index in [9.17, 15) is 24.3 Å². The number of rotatable bonds is 11. The maximum atomic E-state index is 12.7. The second kappa shape index (κ2) is 13.6. The zero-order chi connectivity index (χ0) is 30.2. The molecule has 0 spiro atoms. The van der Waals surface area contributed by atoms with Crippen LogP contribution in [-0.4, -0.2) is 79.3 Å². The van der Waals surface area contributed by atoms with Crippen LogP contribution in [0, 0.1) is 0 Å². The lowest BCUT2D eigenvalue weighted by molar-refractivity contribution is -0.156. The fourth-order valence-electron chi connectivity index (χ4n) is 4.25. The topological polar surface area (TPSA) is 174 Å². The van der Waals surface area contributed by atoms with E-state index in [1.165, 1.54) is 45.7 Å². The van der Waals surface area contributed by atoms with E-state index in [0.717, 1.165) is 4.57 Å². The van der Waals surface area contributed by atoms with Gasteiger partial charge in [0.05, 0.1) is 33.5 Å². The Hall–Kier alpha value is -4.95. The van der Waals surface area contributed by atoms with E-state index < -0.39 is 55.2 Å². The smallest absolute Gasteiger partial charge is 0.351 e. The summed E-state index contributed by atoms with van der Waals surface area (Å²) < 4.78 is 33.0. The van der Waals surface area contributed by atoms with Crippen molar-refractivity contribution in [3.8, 4) is 17.2 Å². The van der Waals surface area contributed by atoms with Crippen LogP contribution in [0.4, 0.5) is 5.82 Å². The van der Waals surface area contributed by atoms with Crippen LogP contribution < -0.4 is 25.2 Å². The fourth-order valence-corrected chi connectivity index (χ4v) is 4.25. The van der Waals surface area contributed by atoms with Crippen molar-refractivity contribution >= 4 is 23.7 Å². The van der Waals surface area contributed by atoms with Crippen molar-refractivity contribution in [2.75, 3.05) is 39.9 Å². The molecule has 4 rings (SSSR count). The van der Waals surface area contributed by atoms with Gasteiger partial charge in [0.15, 0.2) is 18.1 Å². The second-order valence-electron chi connectivity index (χ2n) is 8.89. The van der Waals surface area contributed by atoms with Crippen LogP contribution >= 0.6 is 0 Å². The number of nitrogens with zero attached hydrogens (tertiary/aromatic N) is 2. The average Bonchev–Trinajstić information content (AvgIpc) is 3.41. The molecule has 1 amide bonds. The van der Waals surface area contributed by atoms with E-state index in [1.54, 1.807) is 30.3 Å². The molecule has 1 aromatic heterocycles. The number of hydrogen-bond acceptors (Lipinski definition) is 12. The van der Waals surface area contributed by atoms with E-state index in [2.05, 4.69) is 10.3 Å². The van der Waals surface area contributed by atoms with Gasteiger partial charge in [0.25, 0.3) is 5.91 Å². The molecule has 3 unspecified atom stereocenters. The predicted molar refractivity (Wildman–Crippen MR) is 145 cm³/mol. The Morgan fingerprint density at radius 3 is 2.31 bits per heavy atom. The Morgan fingerprint density at radius 2 is 1.71 bits per heavy atom. The van der Waals surface area contributed by atoms with Gasteiger partial charge in [-0.3, -0.25) is 9.36 Å². The van der Waals surface area contributed by atoms with Crippen molar-refractivity contribution in [3.63, 3.8) is 0 Å². The molecule has 0 aliphatic carbocycles. The number of amides is 1. The number of benzene rings is 2. The van der Waals surface area contributed by atoms with E-state index >= 15 is 0 Å². The molecule has 1 aliphatic heterocycles. The van der Waals surface area contributed by atoms with Crippen molar-refractivity contribution < 1.29 is 47.9 Å². The third-order valence-corrected chi connectivity index (χ3v) is 6.28. The summed E-state index contributed by atoms with van der Waals surface area (Å²) in [5, 5.41) is 12.3. The van der Waals surface area contributed by atoms with Crippen LogP contribution in [0.3, 0.4) is 0 Å². The second-order valence-corrected chi connectivity index (χ2v) is 8.89. The number of carbonyl (C=O) groups excluding carboxylic acids is 3.